The molecule has 2 rings (SSSR count). The molecule has 2 aromatic rings. The lowest BCUT2D eigenvalue weighted by Crippen LogP contribution is -2.21. The lowest BCUT2D eigenvalue weighted by molar-refractivity contribution is 0.308. The maximum Gasteiger partial charge on any atom is 0.199 e. The van der Waals surface area contributed by atoms with Crippen LogP contribution in [0.4, 0.5) is 11.5 Å². The Hall–Kier alpha value is -3.10. The summed E-state index contributed by atoms with van der Waals surface area (Å²) in [5.41, 5.74) is 12.7. The molecule has 0 radical (unpaired) electrons. The zero-order valence-corrected chi connectivity index (χ0v) is 13.0. The number of phenols is 1. The Balaban J connectivity index is 2.15. The first-order valence-corrected chi connectivity index (χ1v) is 7.09. The Morgan fingerprint density at radius 1 is 1.35 bits per heavy atom. The van der Waals surface area contributed by atoms with Crippen LogP contribution in [-0.4, -0.2) is 40.6 Å². The maximum absolute atomic E-state index is 10.1. The van der Waals surface area contributed by atoms with E-state index in [0.717, 1.165) is 18.8 Å². The molecule has 0 spiro atoms. The van der Waals surface area contributed by atoms with Gasteiger partial charge in [-0.1, -0.05) is 0 Å². The minimum Gasteiger partial charge on any atom is -0.507 e. The number of phenolic OH excluding ortho intramolecular Hbond substituents is 1. The van der Waals surface area contributed by atoms with Crippen molar-refractivity contribution >= 4 is 23.6 Å². The Morgan fingerprint density at radius 3 is 2.65 bits per heavy atom. The standard InChI is InChI=1S/C14H19N7O2/c1-3-21(4-2)10-6-5-9(11(22)7-10)8-17-18-13(15)12-14(16)20-23-19-12/h5-8,22H,3-4H2,1-2H3,(H2,15,18)(H2,16,20). The number of benzene rings is 1. The first-order chi connectivity index (χ1) is 11.1. The molecule has 0 aliphatic rings. The number of rotatable bonds is 6. The lowest BCUT2D eigenvalue weighted by atomic mass is 10.2. The number of aromatic hydroxyl groups is 1. The predicted octanol–water partition coefficient (Wildman–Crippen LogP) is 0.943. The average molecular weight is 317 g/mol. The van der Waals surface area contributed by atoms with Gasteiger partial charge in [0.1, 0.15) is 5.75 Å². The van der Waals surface area contributed by atoms with Crippen molar-refractivity contribution in [1.29, 1.82) is 0 Å². The van der Waals surface area contributed by atoms with Crippen molar-refractivity contribution in [1.82, 2.24) is 10.3 Å². The highest BCUT2D eigenvalue weighted by Crippen LogP contribution is 2.23. The van der Waals surface area contributed by atoms with Gasteiger partial charge in [0, 0.05) is 30.4 Å². The number of anilines is 2. The number of nitrogen functional groups attached to an aromatic ring is 1. The van der Waals surface area contributed by atoms with E-state index in [1.807, 2.05) is 6.07 Å². The molecule has 1 heterocycles. The molecule has 23 heavy (non-hydrogen) atoms. The van der Waals surface area contributed by atoms with Crippen molar-refractivity contribution in [2.24, 2.45) is 15.9 Å². The summed E-state index contributed by atoms with van der Waals surface area (Å²) in [5.74, 6) is 0.113. The number of amidine groups is 1. The van der Waals surface area contributed by atoms with Crippen LogP contribution in [0.1, 0.15) is 25.1 Å². The third kappa shape index (κ3) is 3.76. The van der Waals surface area contributed by atoms with Gasteiger partial charge in [-0.3, -0.25) is 0 Å². The van der Waals surface area contributed by atoms with Gasteiger partial charge >= 0.3 is 0 Å². The second-order valence-electron chi connectivity index (χ2n) is 4.64. The fourth-order valence-electron chi connectivity index (χ4n) is 2.00. The Labute approximate surface area is 133 Å². The van der Waals surface area contributed by atoms with Gasteiger partial charge in [0.05, 0.1) is 6.21 Å². The number of nitrogens with two attached hydrogens (primary N) is 2. The molecule has 1 aromatic heterocycles. The highest BCUT2D eigenvalue weighted by Gasteiger charge is 2.10. The van der Waals surface area contributed by atoms with Crippen LogP contribution in [0.3, 0.4) is 0 Å². The molecule has 0 amide bonds. The van der Waals surface area contributed by atoms with Gasteiger partial charge in [-0.25, -0.2) is 4.63 Å². The van der Waals surface area contributed by atoms with Crippen LogP contribution in [0.2, 0.25) is 0 Å². The van der Waals surface area contributed by atoms with Crippen molar-refractivity contribution in [2.45, 2.75) is 13.8 Å². The zero-order valence-electron chi connectivity index (χ0n) is 13.0. The van der Waals surface area contributed by atoms with Crippen molar-refractivity contribution in [3.05, 3.63) is 29.5 Å². The molecule has 0 saturated heterocycles. The fraction of sp³-hybridized carbons (Fsp3) is 0.286. The van der Waals surface area contributed by atoms with Crippen molar-refractivity contribution in [2.75, 3.05) is 23.7 Å². The van der Waals surface area contributed by atoms with Crippen LogP contribution in [0.5, 0.6) is 5.75 Å². The molecule has 5 N–H and O–H groups in total. The summed E-state index contributed by atoms with van der Waals surface area (Å²) in [5, 5.41) is 24.5. The van der Waals surface area contributed by atoms with E-state index in [2.05, 4.69) is 43.9 Å². The molecule has 0 unspecified atom stereocenters. The number of hydrogen-bond acceptors (Lipinski definition) is 8. The van der Waals surface area contributed by atoms with E-state index in [1.165, 1.54) is 6.21 Å². The Bertz CT molecular complexity index is 720. The van der Waals surface area contributed by atoms with Crippen molar-refractivity contribution in [3.8, 4) is 5.75 Å². The van der Waals surface area contributed by atoms with Crippen LogP contribution in [0, 0.1) is 0 Å². The van der Waals surface area contributed by atoms with Crippen LogP contribution in [-0.2, 0) is 0 Å². The third-order valence-corrected chi connectivity index (χ3v) is 3.26. The molecule has 9 nitrogen and oxygen atoms in total. The average Bonchev–Trinajstić information content (AvgIpc) is 2.96. The fourth-order valence-corrected chi connectivity index (χ4v) is 2.00. The molecule has 0 bridgehead atoms. The predicted molar refractivity (Wildman–Crippen MR) is 88.7 cm³/mol. The van der Waals surface area contributed by atoms with Gasteiger partial charge in [0.25, 0.3) is 0 Å². The molecule has 0 fully saturated rings. The molecule has 0 saturated carbocycles. The maximum atomic E-state index is 10.1. The molecular formula is C14H19N7O2. The number of nitrogens with zero attached hydrogens (tertiary/aromatic N) is 5. The first-order valence-electron chi connectivity index (χ1n) is 7.09. The Morgan fingerprint density at radius 2 is 2.09 bits per heavy atom. The van der Waals surface area contributed by atoms with E-state index >= 15 is 0 Å². The summed E-state index contributed by atoms with van der Waals surface area (Å²) in [7, 11) is 0. The minimum atomic E-state index is -0.0285. The topological polar surface area (TPSA) is 139 Å². The van der Waals surface area contributed by atoms with E-state index in [0.29, 0.717) is 5.56 Å². The van der Waals surface area contributed by atoms with Gasteiger partial charge < -0.3 is 21.5 Å². The first kappa shape index (κ1) is 16.3. The van der Waals surface area contributed by atoms with Crippen LogP contribution >= 0.6 is 0 Å². The third-order valence-electron chi connectivity index (χ3n) is 3.26. The normalized spacial score (nSPS) is 12.0. The van der Waals surface area contributed by atoms with Gasteiger partial charge in [0.15, 0.2) is 17.3 Å². The zero-order chi connectivity index (χ0) is 16.8. The van der Waals surface area contributed by atoms with Gasteiger partial charge in [-0.2, -0.15) is 5.10 Å². The summed E-state index contributed by atoms with van der Waals surface area (Å²) in [4.78, 5) is 2.12. The van der Waals surface area contributed by atoms with Crippen molar-refractivity contribution in [3.63, 3.8) is 0 Å². The summed E-state index contributed by atoms with van der Waals surface area (Å²) in [6, 6.07) is 5.34. The summed E-state index contributed by atoms with van der Waals surface area (Å²) >= 11 is 0. The van der Waals surface area contributed by atoms with E-state index in [9.17, 15) is 5.11 Å². The van der Waals surface area contributed by atoms with Gasteiger partial charge in [0.2, 0.25) is 0 Å². The number of hydrogen-bond donors (Lipinski definition) is 3. The molecule has 0 atom stereocenters. The second kappa shape index (κ2) is 7.25. The Kier molecular flexibility index (Phi) is 5.13. The molecule has 1 aromatic carbocycles. The SMILES string of the molecule is CCN(CC)c1ccc(C=NN=C(N)c2nonc2N)c(O)c1. The van der Waals surface area contributed by atoms with Crippen LogP contribution < -0.4 is 16.4 Å². The molecule has 9 heteroatoms. The number of aromatic nitrogens is 2. The highest BCUT2D eigenvalue weighted by molar-refractivity contribution is 5.99. The summed E-state index contributed by atoms with van der Waals surface area (Å²) in [6.07, 6.45) is 1.39. The minimum absolute atomic E-state index is 0.0285. The molecule has 122 valence electrons. The summed E-state index contributed by atoms with van der Waals surface area (Å²) < 4.78 is 4.42. The quantitative estimate of drug-likeness (QED) is 0.409. The summed E-state index contributed by atoms with van der Waals surface area (Å²) in [6.45, 7) is 5.82. The van der Waals surface area contributed by atoms with Gasteiger partial charge in [-0.05, 0) is 36.3 Å². The van der Waals surface area contributed by atoms with Crippen LogP contribution in [0.15, 0.2) is 33.0 Å². The smallest absolute Gasteiger partial charge is 0.199 e. The lowest BCUT2D eigenvalue weighted by Gasteiger charge is -2.21. The monoisotopic (exact) mass is 317 g/mol. The van der Waals surface area contributed by atoms with Crippen LogP contribution in [0.25, 0.3) is 0 Å². The van der Waals surface area contributed by atoms with E-state index < -0.39 is 0 Å². The largest absolute Gasteiger partial charge is 0.507 e. The van der Waals surface area contributed by atoms with Crippen molar-refractivity contribution < 1.29 is 9.74 Å². The highest BCUT2D eigenvalue weighted by atomic mass is 16.6. The molecule has 0 aliphatic heterocycles. The molecule has 0 aliphatic carbocycles. The second-order valence-corrected chi connectivity index (χ2v) is 4.64. The van der Waals surface area contributed by atoms with E-state index in [-0.39, 0.29) is 23.1 Å². The molecular weight excluding hydrogens is 298 g/mol. The van der Waals surface area contributed by atoms with Gasteiger partial charge in [-0.15, -0.1) is 5.10 Å². The van der Waals surface area contributed by atoms with E-state index in [4.69, 9.17) is 11.5 Å². The van der Waals surface area contributed by atoms with E-state index in [1.54, 1.807) is 12.1 Å².